The summed E-state index contributed by atoms with van der Waals surface area (Å²) >= 11 is 0. The second kappa shape index (κ2) is 6.23. The van der Waals surface area contributed by atoms with Crippen molar-refractivity contribution >= 4 is 0 Å². The van der Waals surface area contributed by atoms with Crippen LogP contribution in [-0.4, -0.2) is 49.3 Å². The molecule has 0 amide bonds. The first-order valence-electron chi connectivity index (χ1n) is 8.01. The van der Waals surface area contributed by atoms with Crippen molar-refractivity contribution in [2.45, 2.75) is 52.8 Å². The summed E-state index contributed by atoms with van der Waals surface area (Å²) in [5, 5.41) is 8.24. The lowest BCUT2D eigenvalue weighted by molar-refractivity contribution is 0.157. The topological polar surface area (TPSA) is 69.0 Å². The van der Waals surface area contributed by atoms with Gasteiger partial charge in [0.15, 0.2) is 0 Å². The fourth-order valence-corrected chi connectivity index (χ4v) is 3.03. The lowest BCUT2D eigenvalue weighted by atomic mass is 10.1. The third-order valence-corrected chi connectivity index (χ3v) is 4.13. The van der Waals surface area contributed by atoms with E-state index in [1.165, 1.54) is 0 Å². The van der Waals surface area contributed by atoms with Crippen LogP contribution in [-0.2, 0) is 13.0 Å². The largest absolute Gasteiger partial charge is 0.472 e. The molecule has 1 aliphatic heterocycles. The lowest BCUT2D eigenvalue weighted by Gasteiger charge is -2.21. The molecular formula is C16H24N6O. The minimum Gasteiger partial charge on any atom is -0.472 e. The van der Waals surface area contributed by atoms with Crippen LogP contribution in [0.4, 0.5) is 0 Å². The number of aryl methyl sites for hydroxylation is 2. The first-order valence-corrected chi connectivity index (χ1v) is 8.01. The van der Waals surface area contributed by atoms with E-state index in [4.69, 9.17) is 4.74 Å². The standard InChI is InChI=1S/C16H24N6O/c1-10(2)22-9-17-20-15(22)8-21(5)7-13-6-14-11(3)18-12(4)19-16(14)23-13/h9-10,13H,6-8H2,1-5H3/t13-/m0/s1. The summed E-state index contributed by atoms with van der Waals surface area (Å²) in [5.74, 6) is 2.49. The van der Waals surface area contributed by atoms with Gasteiger partial charge < -0.3 is 9.30 Å². The first-order chi connectivity index (χ1) is 10.9. The molecule has 23 heavy (non-hydrogen) atoms. The van der Waals surface area contributed by atoms with Crippen LogP contribution in [0.1, 0.15) is 42.8 Å². The molecule has 0 fully saturated rings. The Bertz CT molecular complexity index is 696. The average Bonchev–Trinajstić information content (AvgIpc) is 3.05. The summed E-state index contributed by atoms with van der Waals surface area (Å²) in [6.45, 7) is 9.75. The van der Waals surface area contributed by atoms with E-state index in [-0.39, 0.29) is 6.10 Å². The number of rotatable bonds is 5. The van der Waals surface area contributed by atoms with E-state index in [1.807, 2.05) is 13.8 Å². The Morgan fingerprint density at radius 1 is 1.35 bits per heavy atom. The summed E-state index contributed by atoms with van der Waals surface area (Å²) in [4.78, 5) is 11.0. The number of ether oxygens (including phenoxy) is 1. The van der Waals surface area contributed by atoms with Gasteiger partial charge in [-0.1, -0.05) is 0 Å². The molecule has 0 N–H and O–H groups in total. The van der Waals surface area contributed by atoms with Gasteiger partial charge in [0.2, 0.25) is 5.88 Å². The van der Waals surface area contributed by atoms with Crippen molar-refractivity contribution in [3.8, 4) is 5.88 Å². The SMILES string of the molecule is Cc1nc(C)c2c(n1)O[C@H](CN(C)Cc1nncn1C(C)C)C2. The van der Waals surface area contributed by atoms with Crippen LogP contribution >= 0.6 is 0 Å². The molecule has 0 bridgehead atoms. The Kier molecular flexibility index (Phi) is 4.30. The predicted molar refractivity (Wildman–Crippen MR) is 86.4 cm³/mol. The molecule has 124 valence electrons. The van der Waals surface area contributed by atoms with Gasteiger partial charge in [-0.05, 0) is 34.7 Å². The van der Waals surface area contributed by atoms with Gasteiger partial charge in [-0.25, -0.2) is 4.98 Å². The zero-order valence-corrected chi connectivity index (χ0v) is 14.4. The van der Waals surface area contributed by atoms with Gasteiger partial charge in [-0.2, -0.15) is 4.98 Å². The third kappa shape index (κ3) is 3.34. The Labute approximate surface area is 136 Å². The molecule has 2 aromatic rings. The molecule has 0 aromatic carbocycles. The van der Waals surface area contributed by atoms with E-state index >= 15 is 0 Å². The van der Waals surface area contributed by atoms with Crippen LogP contribution in [0.2, 0.25) is 0 Å². The Morgan fingerprint density at radius 3 is 2.87 bits per heavy atom. The number of hydrogen-bond donors (Lipinski definition) is 0. The van der Waals surface area contributed by atoms with Crippen LogP contribution < -0.4 is 4.74 Å². The van der Waals surface area contributed by atoms with Crippen LogP contribution in [0.25, 0.3) is 0 Å². The molecule has 0 saturated heterocycles. The summed E-state index contributed by atoms with van der Waals surface area (Å²) in [5.41, 5.74) is 2.16. The van der Waals surface area contributed by atoms with Crippen molar-refractivity contribution in [3.05, 3.63) is 29.2 Å². The summed E-state index contributed by atoms with van der Waals surface area (Å²) in [7, 11) is 2.08. The Hall–Kier alpha value is -2.02. The van der Waals surface area contributed by atoms with Crippen LogP contribution in [0.5, 0.6) is 5.88 Å². The van der Waals surface area contributed by atoms with Gasteiger partial charge in [0, 0.05) is 30.3 Å². The van der Waals surface area contributed by atoms with Gasteiger partial charge in [0.25, 0.3) is 0 Å². The van der Waals surface area contributed by atoms with Gasteiger partial charge in [-0.3, -0.25) is 4.90 Å². The van der Waals surface area contributed by atoms with Gasteiger partial charge in [0.05, 0.1) is 6.54 Å². The Balaban J connectivity index is 1.63. The van der Waals surface area contributed by atoms with Crippen LogP contribution in [0.15, 0.2) is 6.33 Å². The molecule has 3 heterocycles. The van der Waals surface area contributed by atoms with Gasteiger partial charge in [0.1, 0.15) is 24.1 Å². The van der Waals surface area contributed by atoms with E-state index in [0.29, 0.717) is 6.04 Å². The highest BCUT2D eigenvalue weighted by molar-refractivity contribution is 5.34. The van der Waals surface area contributed by atoms with Gasteiger partial charge >= 0.3 is 0 Å². The van der Waals surface area contributed by atoms with E-state index in [2.05, 4.69) is 50.5 Å². The maximum absolute atomic E-state index is 6.00. The highest BCUT2D eigenvalue weighted by Crippen LogP contribution is 2.28. The van der Waals surface area contributed by atoms with Gasteiger partial charge in [-0.15, -0.1) is 10.2 Å². The number of hydrogen-bond acceptors (Lipinski definition) is 6. The minimum absolute atomic E-state index is 0.111. The fourth-order valence-electron chi connectivity index (χ4n) is 3.03. The van der Waals surface area contributed by atoms with Crippen LogP contribution in [0, 0.1) is 13.8 Å². The molecule has 3 rings (SSSR count). The highest BCUT2D eigenvalue weighted by Gasteiger charge is 2.28. The summed E-state index contributed by atoms with van der Waals surface area (Å²) in [6.07, 6.45) is 2.76. The molecule has 0 radical (unpaired) electrons. The molecule has 1 atom stereocenters. The van der Waals surface area contributed by atoms with E-state index in [9.17, 15) is 0 Å². The van der Waals surface area contributed by atoms with Crippen molar-refractivity contribution in [1.82, 2.24) is 29.6 Å². The highest BCUT2D eigenvalue weighted by atomic mass is 16.5. The van der Waals surface area contributed by atoms with E-state index in [1.54, 1.807) is 6.33 Å². The smallest absolute Gasteiger partial charge is 0.220 e. The summed E-state index contributed by atoms with van der Waals surface area (Å²) < 4.78 is 8.10. The van der Waals surface area contributed by atoms with Crippen LogP contribution in [0.3, 0.4) is 0 Å². The lowest BCUT2D eigenvalue weighted by Crippen LogP contribution is -2.32. The third-order valence-electron chi connectivity index (χ3n) is 4.13. The molecule has 0 saturated carbocycles. The number of aromatic nitrogens is 5. The fraction of sp³-hybridized carbons (Fsp3) is 0.625. The first kappa shape index (κ1) is 15.9. The number of nitrogens with zero attached hydrogens (tertiary/aromatic N) is 6. The number of likely N-dealkylation sites (N-methyl/N-ethyl adjacent to an activating group) is 1. The van der Waals surface area contributed by atoms with E-state index < -0.39 is 0 Å². The molecular weight excluding hydrogens is 292 g/mol. The molecule has 1 aliphatic rings. The molecule has 0 aliphatic carbocycles. The maximum atomic E-state index is 6.00. The second-order valence-electron chi connectivity index (χ2n) is 6.53. The molecule has 7 nitrogen and oxygen atoms in total. The minimum atomic E-state index is 0.111. The predicted octanol–water partition coefficient (Wildman–Crippen LogP) is 1.70. The molecule has 0 unspecified atom stereocenters. The van der Waals surface area contributed by atoms with Crippen molar-refractivity contribution in [3.63, 3.8) is 0 Å². The van der Waals surface area contributed by atoms with Crippen molar-refractivity contribution in [2.24, 2.45) is 0 Å². The Morgan fingerprint density at radius 2 is 2.13 bits per heavy atom. The molecule has 2 aromatic heterocycles. The van der Waals surface area contributed by atoms with E-state index in [0.717, 1.165) is 48.3 Å². The quantitative estimate of drug-likeness (QED) is 0.836. The van der Waals surface area contributed by atoms with Crippen molar-refractivity contribution < 1.29 is 4.74 Å². The summed E-state index contributed by atoms with van der Waals surface area (Å²) in [6, 6.07) is 0.362. The average molecular weight is 316 g/mol. The monoisotopic (exact) mass is 316 g/mol. The molecule has 7 heteroatoms. The normalized spacial score (nSPS) is 16.9. The van der Waals surface area contributed by atoms with Crippen molar-refractivity contribution in [2.75, 3.05) is 13.6 Å². The zero-order chi connectivity index (χ0) is 16.6. The maximum Gasteiger partial charge on any atom is 0.220 e. The zero-order valence-electron chi connectivity index (χ0n) is 14.4. The second-order valence-corrected chi connectivity index (χ2v) is 6.53. The number of fused-ring (bicyclic) bond motifs is 1. The molecule has 0 spiro atoms. The van der Waals surface area contributed by atoms with Crippen molar-refractivity contribution in [1.29, 1.82) is 0 Å².